The molecule has 102 valence electrons. The molecule has 20 heavy (non-hydrogen) atoms. The molecule has 0 saturated heterocycles. The van der Waals surface area contributed by atoms with Gasteiger partial charge >= 0.3 is 0 Å². The third kappa shape index (κ3) is 2.67. The molecular formula is C16H12F3N. The van der Waals surface area contributed by atoms with Crippen molar-refractivity contribution in [2.75, 3.05) is 0 Å². The van der Waals surface area contributed by atoms with Gasteiger partial charge in [0.25, 0.3) is 0 Å². The van der Waals surface area contributed by atoms with Crippen molar-refractivity contribution >= 4 is 0 Å². The van der Waals surface area contributed by atoms with Crippen molar-refractivity contribution in [2.24, 2.45) is 0 Å². The molecule has 0 aliphatic heterocycles. The van der Waals surface area contributed by atoms with Gasteiger partial charge in [-0.2, -0.15) is 5.26 Å². The van der Waals surface area contributed by atoms with E-state index in [1.165, 1.54) is 18.2 Å². The topological polar surface area (TPSA) is 23.8 Å². The van der Waals surface area contributed by atoms with Gasteiger partial charge in [0.05, 0.1) is 5.56 Å². The molecule has 0 saturated carbocycles. The zero-order chi connectivity index (χ0) is 14.7. The molecule has 0 amide bonds. The Balaban J connectivity index is 2.55. The summed E-state index contributed by atoms with van der Waals surface area (Å²) in [6.45, 7) is 1.89. The van der Waals surface area contributed by atoms with Crippen LogP contribution in [0.5, 0.6) is 0 Å². The van der Waals surface area contributed by atoms with Gasteiger partial charge in [-0.3, -0.25) is 0 Å². The molecule has 0 N–H and O–H groups in total. The van der Waals surface area contributed by atoms with Gasteiger partial charge in [-0.15, -0.1) is 0 Å². The monoisotopic (exact) mass is 275 g/mol. The Hall–Kier alpha value is -2.28. The van der Waals surface area contributed by atoms with Crippen molar-refractivity contribution in [2.45, 2.75) is 19.8 Å². The minimum atomic E-state index is -0.744. The van der Waals surface area contributed by atoms with Gasteiger partial charge in [-0.1, -0.05) is 19.4 Å². The number of benzene rings is 2. The molecule has 0 aromatic heterocycles. The third-order valence-electron chi connectivity index (χ3n) is 3.06. The zero-order valence-corrected chi connectivity index (χ0v) is 10.9. The lowest BCUT2D eigenvalue weighted by Crippen LogP contribution is -1.95. The van der Waals surface area contributed by atoms with Crippen LogP contribution in [0.4, 0.5) is 13.2 Å². The Morgan fingerprint density at radius 3 is 2.35 bits per heavy atom. The quantitative estimate of drug-likeness (QED) is 0.803. The van der Waals surface area contributed by atoms with Crippen molar-refractivity contribution in [3.63, 3.8) is 0 Å². The van der Waals surface area contributed by atoms with Crippen LogP contribution >= 0.6 is 0 Å². The van der Waals surface area contributed by atoms with E-state index in [-0.39, 0.29) is 16.7 Å². The summed E-state index contributed by atoms with van der Waals surface area (Å²) in [5.41, 5.74) is 0.716. The number of rotatable bonds is 3. The number of hydrogen-bond donors (Lipinski definition) is 0. The van der Waals surface area contributed by atoms with Crippen LogP contribution in [0.15, 0.2) is 30.3 Å². The number of aryl methyl sites for hydroxylation is 1. The Bertz CT molecular complexity index is 687. The van der Waals surface area contributed by atoms with E-state index in [1.807, 2.05) is 6.92 Å². The highest BCUT2D eigenvalue weighted by Gasteiger charge is 2.13. The predicted octanol–water partition coefficient (Wildman–Crippen LogP) is 4.60. The van der Waals surface area contributed by atoms with E-state index in [0.717, 1.165) is 18.6 Å². The highest BCUT2D eigenvalue weighted by atomic mass is 19.1. The van der Waals surface area contributed by atoms with Crippen LogP contribution < -0.4 is 0 Å². The van der Waals surface area contributed by atoms with Crippen molar-refractivity contribution in [3.8, 4) is 17.2 Å². The van der Waals surface area contributed by atoms with E-state index in [9.17, 15) is 13.2 Å². The largest absolute Gasteiger partial charge is 0.207 e. The number of nitriles is 1. The first-order chi connectivity index (χ1) is 9.56. The van der Waals surface area contributed by atoms with Crippen molar-refractivity contribution in [1.82, 2.24) is 0 Å². The summed E-state index contributed by atoms with van der Waals surface area (Å²) in [6.07, 6.45) is 1.21. The first kappa shape index (κ1) is 14.1. The van der Waals surface area contributed by atoms with Gasteiger partial charge < -0.3 is 0 Å². The van der Waals surface area contributed by atoms with Crippen molar-refractivity contribution < 1.29 is 13.2 Å². The van der Waals surface area contributed by atoms with Crippen LogP contribution in [0.1, 0.15) is 24.5 Å². The smallest absolute Gasteiger partial charge is 0.141 e. The van der Waals surface area contributed by atoms with E-state index < -0.39 is 17.5 Å². The lowest BCUT2D eigenvalue weighted by Gasteiger charge is -2.08. The van der Waals surface area contributed by atoms with Crippen LogP contribution in [-0.2, 0) is 6.42 Å². The Morgan fingerprint density at radius 2 is 1.75 bits per heavy atom. The molecule has 0 spiro atoms. The molecule has 0 aliphatic carbocycles. The normalized spacial score (nSPS) is 10.3. The second kappa shape index (κ2) is 5.79. The van der Waals surface area contributed by atoms with Gasteiger partial charge in [0.1, 0.15) is 23.5 Å². The summed E-state index contributed by atoms with van der Waals surface area (Å²) in [7, 11) is 0. The Labute approximate surface area is 115 Å². The number of nitrogens with zero attached hydrogens (tertiary/aromatic N) is 1. The molecule has 0 heterocycles. The second-order valence-corrected chi connectivity index (χ2v) is 4.48. The summed E-state index contributed by atoms with van der Waals surface area (Å²) in [5.74, 6) is -2.06. The molecule has 0 aliphatic rings. The van der Waals surface area contributed by atoms with Crippen LogP contribution in [0.2, 0.25) is 0 Å². The molecule has 2 aromatic carbocycles. The fraction of sp³-hybridized carbons (Fsp3) is 0.188. The maximum atomic E-state index is 13.8. The van der Waals surface area contributed by atoms with Crippen LogP contribution in [0.3, 0.4) is 0 Å². The lowest BCUT2D eigenvalue weighted by molar-refractivity contribution is 0.572. The van der Waals surface area contributed by atoms with E-state index in [4.69, 9.17) is 5.26 Å². The summed E-state index contributed by atoms with van der Waals surface area (Å²) in [6, 6.07) is 7.74. The van der Waals surface area contributed by atoms with E-state index in [2.05, 4.69) is 0 Å². The summed E-state index contributed by atoms with van der Waals surface area (Å²) < 4.78 is 41.0. The fourth-order valence-electron chi connectivity index (χ4n) is 2.05. The third-order valence-corrected chi connectivity index (χ3v) is 3.06. The predicted molar refractivity (Wildman–Crippen MR) is 70.5 cm³/mol. The molecule has 0 bridgehead atoms. The maximum absolute atomic E-state index is 13.8. The number of hydrogen-bond acceptors (Lipinski definition) is 1. The molecular weight excluding hydrogens is 263 g/mol. The Morgan fingerprint density at radius 1 is 1.00 bits per heavy atom. The van der Waals surface area contributed by atoms with Crippen LogP contribution in [0, 0.1) is 28.8 Å². The first-order valence-electron chi connectivity index (χ1n) is 6.24. The van der Waals surface area contributed by atoms with Gasteiger partial charge in [-0.25, -0.2) is 13.2 Å². The molecule has 2 aromatic rings. The molecule has 0 unspecified atom stereocenters. The number of halogens is 3. The first-order valence-corrected chi connectivity index (χ1v) is 6.24. The molecule has 0 atom stereocenters. The van der Waals surface area contributed by atoms with Gasteiger partial charge in [-0.05, 0) is 35.7 Å². The lowest BCUT2D eigenvalue weighted by atomic mass is 9.99. The fourth-order valence-corrected chi connectivity index (χ4v) is 2.05. The summed E-state index contributed by atoms with van der Waals surface area (Å²) >= 11 is 0. The average molecular weight is 275 g/mol. The van der Waals surface area contributed by atoms with Crippen LogP contribution in [-0.4, -0.2) is 0 Å². The van der Waals surface area contributed by atoms with Crippen molar-refractivity contribution in [1.29, 1.82) is 5.26 Å². The molecule has 1 nitrogen and oxygen atoms in total. The van der Waals surface area contributed by atoms with E-state index in [1.54, 1.807) is 6.07 Å². The average Bonchev–Trinajstić information content (AvgIpc) is 2.42. The van der Waals surface area contributed by atoms with Gasteiger partial charge in [0.15, 0.2) is 0 Å². The SMILES string of the molecule is CCCc1cc(-c2ccc(C#N)c(F)c2)c(F)cc1F. The molecule has 2 rings (SSSR count). The minimum absolute atomic E-state index is 0.106. The standard InChI is InChI=1S/C16H12F3N/c1-2-3-11-6-13(16(19)8-15(11)18)10-4-5-12(9-20)14(17)7-10/h4-8H,2-3H2,1H3. The highest BCUT2D eigenvalue weighted by molar-refractivity contribution is 5.66. The zero-order valence-electron chi connectivity index (χ0n) is 10.9. The molecule has 0 fully saturated rings. The summed E-state index contributed by atoms with van der Waals surface area (Å²) in [5, 5.41) is 8.67. The molecule has 4 heteroatoms. The maximum Gasteiger partial charge on any atom is 0.141 e. The summed E-state index contributed by atoms with van der Waals surface area (Å²) in [4.78, 5) is 0. The van der Waals surface area contributed by atoms with Gasteiger partial charge in [0, 0.05) is 11.6 Å². The molecule has 0 radical (unpaired) electrons. The van der Waals surface area contributed by atoms with Crippen molar-refractivity contribution in [3.05, 3.63) is 58.9 Å². The second-order valence-electron chi connectivity index (χ2n) is 4.48. The van der Waals surface area contributed by atoms with E-state index >= 15 is 0 Å². The van der Waals surface area contributed by atoms with Gasteiger partial charge in [0.2, 0.25) is 0 Å². The highest BCUT2D eigenvalue weighted by Crippen LogP contribution is 2.27. The Kier molecular flexibility index (Phi) is 4.09. The minimum Gasteiger partial charge on any atom is -0.207 e. The van der Waals surface area contributed by atoms with E-state index in [0.29, 0.717) is 12.0 Å². The van der Waals surface area contributed by atoms with Crippen LogP contribution in [0.25, 0.3) is 11.1 Å².